The summed E-state index contributed by atoms with van der Waals surface area (Å²) in [5.41, 5.74) is 5.88. The van der Waals surface area contributed by atoms with Gasteiger partial charge in [-0.25, -0.2) is 8.78 Å². The number of hydrogen-bond acceptors (Lipinski definition) is 3. The summed E-state index contributed by atoms with van der Waals surface area (Å²) in [6.45, 7) is 4.24. The molecule has 0 spiro atoms. The van der Waals surface area contributed by atoms with Gasteiger partial charge in [0, 0.05) is 19.0 Å². The highest BCUT2D eigenvalue weighted by molar-refractivity contribution is 5.83. The summed E-state index contributed by atoms with van der Waals surface area (Å²) < 4.78 is 26.0. The Morgan fingerprint density at radius 1 is 1.43 bits per heavy atom. The minimum absolute atomic E-state index is 0.0338. The predicted octanol–water partition coefficient (Wildman–Crippen LogP) is 1.74. The Bertz CT molecular complexity index is 535. The first kappa shape index (κ1) is 16.9. The lowest BCUT2D eigenvalue weighted by atomic mass is 10.1. The summed E-state index contributed by atoms with van der Waals surface area (Å²) in [5.74, 6) is -2.42. The largest absolute Gasteiger partial charge is 0.409 e. The van der Waals surface area contributed by atoms with Crippen LogP contribution in [0.3, 0.4) is 0 Å². The minimum Gasteiger partial charge on any atom is -0.409 e. The van der Waals surface area contributed by atoms with Crippen LogP contribution in [0.1, 0.15) is 19.4 Å². The van der Waals surface area contributed by atoms with E-state index in [1.54, 1.807) is 13.8 Å². The van der Waals surface area contributed by atoms with Gasteiger partial charge in [-0.05, 0) is 24.6 Å². The summed E-state index contributed by atoms with van der Waals surface area (Å²) in [6, 6.07) is 3.37. The molecule has 1 aromatic rings. The lowest BCUT2D eigenvalue weighted by Crippen LogP contribution is -2.39. The quantitative estimate of drug-likeness (QED) is 0.363. The number of carbonyl (C=O) groups excluding carboxylic acids is 1. The van der Waals surface area contributed by atoms with Crippen molar-refractivity contribution < 1.29 is 18.8 Å². The molecule has 0 aliphatic rings. The highest BCUT2D eigenvalue weighted by atomic mass is 19.2. The van der Waals surface area contributed by atoms with Crippen molar-refractivity contribution in [3.63, 3.8) is 0 Å². The van der Waals surface area contributed by atoms with E-state index in [-0.39, 0.29) is 30.6 Å². The molecule has 0 bridgehead atoms. The molecule has 1 amide bonds. The first-order chi connectivity index (χ1) is 9.88. The zero-order chi connectivity index (χ0) is 16.0. The normalized spacial score (nSPS) is 13.0. The molecule has 116 valence electrons. The standard InChI is InChI=1S/C14H19F2N3O2/c1-3-19(8-9(2)14(17)18-21)13(20)7-10-4-5-11(15)12(16)6-10/h4-6,9,21H,3,7-8H2,1-2H3,(H2,17,18). The molecule has 0 aliphatic carbocycles. The molecule has 5 nitrogen and oxygen atoms in total. The lowest BCUT2D eigenvalue weighted by Gasteiger charge is -2.24. The molecule has 1 unspecified atom stereocenters. The summed E-state index contributed by atoms with van der Waals surface area (Å²) in [4.78, 5) is 13.7. The first-order valence-corrected chi connectivity index (χ1v) is 6.58. The van der Waals surface area contributed by atoms with Gasteiger partial charge in [0.2, 0.25) is 5.91 Å². The first-order valence-electron chi connectivity index (χ1n) is 6.58. The van der Waals surface area contributed by atoms with Crippen LogP contribution in [-0.4, -0.2) is 34.9 Å². The van der Waals surface area contributed by atoms with Crippen LogP contribution in [0.25, 0.3) is 0 Å². The molecule has 1 atom stereocenters. The van der Waals surface area contributed by atoms with Gasteiger partial charge < -0.3 is 15.8 Å². The highest BCUT2D eigenvalue weighted by Gasteiger charge is 2.18. The Morgan fingerprint density at radius 2 is 2.10 bits per heavy atom. The molecule has 0 fully saturated rings. The number of likely N-dealkylation sites (N-methyl/N-ethyl adjacent to an activating group) is 1. The van der Waals surface area contributed by atoms with Gasteiger partial charge in [-0.2, -0.15) is 0 Å². The third-order valence-corrected chi connectivity index (χ3v) is 3.19. The molecule has 1 aromatic carbocycles. The van der Waals surface area contributed by atoms with Crippen molar-refractivity contribution in [1.29, 1.82) is 0 Å². The van der Waals surface area contributed by atoms with E-state index >= 15 is 0 Å². The maximum atomic E-state index is 13.1. The molecular weight excluding hydrogens is 280 g/mol. The average Bonchev–Trinajstić information content (AvgIpc) is 2.47. The van der Waals surface area contributed by atoms with Crippen molar-refractivity contribution in [3.8, 4) is 0 Å². The SMILES string of the molecule is CCN(CC(C)/C(N)=N/O)C(=O)Cc1ccc(F)c(F)c1. The maximum absolute atomic E-state index is 13.1. The number of rotatable bonds is 6. The van der Waals surface area contributed by atoms with Crippen molar-refractivity contribution in [2.75, 3.05) is 13.1 Å². The number of amidine groups is 1. The van der Waals surface area contributed by atoms with Crippen molar-refractivity contribution in [3.05, 3.63) is 35.4 Å². The fourth-order valence-corrected chi connectivity index (χ4v) is 1.87. The number of amides is 1. The zero-order valence-corrected chi connectivity index (χ0v) is 12.0. The van der Waals surface area contributed by atoms with E-state index < -0.39 is 11.6 Å². The smallest absolute Gasteiger partial charge is 0.227 e. The number of nitrogens with two attached hydrogens (primary N) is 1. The topological polar surface area (TPSA) is 78.9 Å². The summed E-state index contributed by atoms with van der Waals surface area (Å²) in [7, 11) is 0. The second-order valence-corrected chi connectivity index (χ2v) is 4.78. The van der Waals surface area contributed by atoms with Crippen LogP contribution in [0, 0.1) is 17.6 Å². The fraction of sp³-hybridized carbons (Fsp3) is 0.429. The second kappa shape index (κ2) is 7.56. The summed E-state index contributed by atoms with van der Waals surface area (Å²) in [5, 5.41) is 11.5. The molecular formula is C14H19F2N3O2. The van der Waals surface area contributed by atoms with Crippen LogP contribution in [0.5, 0.6) is 0 Å². The van der Waals surface area contributed by atoms with E-state index in [0.29, 0.717) is 12.1 Å². The van der Waals surface area contributed by atoms with Gasteiger partial charge in [-0.3, -0.25) is 4.79 Å². The van der Waals surface area contributed by atoms with Gasteiger partial charge in [0.25, 0.3) is 0 Å². The number of oxime groups is 1. The molecule has 0 aromatic heterocycles. The van der Waals surface area contributed by atoms with Gasteiger partial charge in [0.1, 0.15) is 5.84 Å². The lowest BCUT2D eigenvalue weighted by molar-refractivity contribution is -0.130. The van der Waals surface area contributed by atoms with Crippen LogP contribution in [0.2, 0.25) is 0 Å². The Balaban J connectivity index is 2.73. The summed E-state index contributed by atoms with van der Waals surface area (Å²) in [6.07, 6.45) is -0.0338. The fourth-order valence-electron chi connectivity index (χ4n) is 1.87. The van der Waals surface area contributed by atoms with Crippen LogP contribution >= 0.6 is 0 Å². The number of nitrogens with zero attached hydrogens (tertiary/aromatic N) is 2. The minimum atomic E-state index is -0.978. The average molecular weight is 299 g/mol. The number of halogens is 2. The molecule has 0 radical (unpaired) electrons. The number of hydrogen-bond donors (Lipinski definition) is 2. The van der Waals surface area contributed by atoms with Crippen LogP contribution in [0.4, 0.5) is 8.78 Å². The number of benzene rings is 1. The van der Waals surface area contributed by atoms with E-state index in [1.807, 2.05) is 0 Å². The molecule has 0 saturated carbocycles. The van der Waals surface area contributed by atoms with Crippen molar-refractivity contribution in [2.45, 2.75) is 20.3 Å². The second-order valence-electron chi connectivity index (χ2n) is 4.78. The molecule has 0 heterocycles. The van der Waals surface area contributed by atoms with E-state index in [9.17, 15) is 13.6 Å². The predicted molar refractivity (Wildman–Crippen MR) is 74.9 cm³/mol. The molecule has 7 heteroatoms. The van der Waals surface area contributed by atoms with Crippen LogP contribution < -0.4 is 5.73 Å². The molecule has 0 saturated heterocycles. The number of carbonyl (C=O) groups is 1. The Labute approximate surface area is 122 Å². The maximum Gasteiger partial charge on any atom is 0.227 e. The Morgan fingerprint density at radius 3 is 2.62 bits per heavy atom. The van der Waals surface area contributed by atoms with Gasteiger partial charge in [0.05, 0.1) is 6.42 Å². The van der Waals surface area contributed by atoms with E-state index in [0.717, 1.165) is 12.1 Å². The van der Waals surface area contributed by atoms with Crippen LogP contribution in [0.15, 0.2) is 23.4 Å². The van der Waals surface area contributed by atoms with Gasteiger partial charge >= 0.3 is 0 Å². The van der Waals surface area contributed by atoms with Gasteiger partial charge in [-0.15, -0.1) is 0 Å². The van der Waals surface area contributed by atoms with E-state index in [4.69, 9.17) is 10.9 Å². The van der Waals surface area contributed by atoms with E-state index in [1.165, 1.54) is 11.0 Å². The third kappa shape index (κ3) is 4.70. The van der Waals surface area contributed by atoms with Crippen molar-refractivity contribution in [1.82, 2.24) is 4.90 Å². The zero-order valence-electron chi connectivity index (χ0n) is 12.0. The molecule has 1 rings (SSSR count). The van der Waals surface area contributed by atoms with Crippen LogP contribution in [-0.2, 0) is 11.2 Å². The Hall–Kier alpha value is -2.18. The third-order valence-electron chi connectivity index (χ3n) is 3.19. The van der Waals surface area contributed by atoms with Crippen molar-refractivity contribution in [2.24, 2.45) is 16.8 Å². The summed E-state index contributed by atoms with van der Waals surface area (Å²) >= 11 is 0. The van der Waals surface area contributed by atoms with E-state index in [2.05, 4.69) is 5.16 Å². The molecule has 0 aliphatic heterocycles. The molecule has 21 heavy (non-hydrogen) atoms. The van der Waals surface area contributed by atoms with Crippen molar-refractivity contribution >= 4 is 11.7 Å². The highest BCUT2D eigenvalue weighted by Crippen LogP contribution is 2.11. The monoisotopic (exact) mass is 299 g/mol. The van der Waals surface area contributed by atoms with Gasteiger partial charge in [-0.1, -0.05) is 18.1 Å². The Kier molecular flexibility index (Phi) is 6.08. The molecule has 3 N–H and O–H groups in total. The van der Waals surface area contributed by atoms with Gasteiger partial charge in [0.15, 0.2) is 11.6 Å².